The minimum atomic E-state index is -0.420. The summed E-state index contributed by atoms with van der Waals surface area (Å²) in [6.07, 6.45) is 5.75. The summed E-state index contributed by atoms with van der Waals surface area (Å²) >= 11 is 0. The zero-order valence-electron chi connectivity index (χ0n) is 25.7. The fraction of sp³-hybridized carbons (Fsp3) is 0.290. The third-order valence-electron chi connectivity index (χ3n) is 6.89. The van der Waals surface area contributed by atoms with Gasteiger partial charge in [0.2, 0.25) is 0 Å². The normalized spacial score (nSPS) is 10.9. The Morgan fingerprint density at radius 1 is 0.705 bits per heavy atom. The highest BCUT2D eigenvalue weighted by Gasteiger charge is 2.19. The Kier molecular flexibility index (Phi) is 9.91. The first-order valence-corrected chi connectivity index (χ1v) is 13.9. The molecule has 0 saturated heterocycles. The zero-order chi connectivity index (χ0) is 32.0. The molecule has 1 aromatic carbocycles. The molecular formula is C31H38N8O5. The van der Waals surface area contributed by atoms with Crippen LogP contribution in [0.15, 0.2) is 61.1 Å². The number of anilines is 3. The van der Waals surface area contributed by atoms with Gasteiger partial charge in [-0.05, 0) is 63.5 Å². The number of benzene rings is 1. The van der Waals surface area contributed by atoms with Gasteiger partial charge < -0.3 is 44.6 Å². The van der Waals surface area contributed by atoms with E-state index in [2.05, 4.69) is 21.3 Å². The molecule has 44 heavy (non-hydrogen) atoms. The van der Waals surface area contributed by atoms with Crippen LogP contribution in [0, 0.1) is 0 Å². The van der Waals surface area contributed by atoms with E-state index in [1.165, 1.54) is 7.11 Å². The number of aromatic nitrogens is 3. The molecule has 0 radical (unpaired) electrons. The van der Waals surface area contributed by atoms with Crippen molar-refractivity contribution in [1.82, 2.24) is 23.9 Å². The maximum absolute atomic E-state index is 13.1. The smallest absolute Gasteiger partial charge is 0.272 e. The van der Waals surface area contributed by atoms with Crippen LogP contribution in [0.25, 0.3) is 0 Å². The quantitative estimate of drug-likeness (QED) is 0.184. The van der Waals surface area contributed by atoms with Crippen molar-refractivity contribution in [3.8, 4) is 5.75 Å². The van der Waals surface area contributed by atoms with Gasteiger partial charge >= 0.3 is 0 Å². The first-order chi connectivity index (χ1) is 20.9. The third-order valence-corrected chi connectivity index (χ3v) is 6.89. The van der Waals surface area contributed by atoms with Crippen molar-refractivity contribution in [3.05, 3.63) is 83.7 Å². The van der Waals surface area contributed by atoms with Crippen LogP contribution in [0.3, 0.4) is 0 Å². The molecule has 0 spiro atoms. The molecule has 13 heteroatoms. The van der Waals surface area contributed by atoms with Crippen LogP contribution in [0.4, 0.5) is 17.1 Å². The SMILES string of the molecule is COc1cccc(C(=O)Nc2cc(C(=O)Nc3cc(C(=O)Nc4cc(C(=O)NCCCN(C)C)n(C)c4)n(C)c3)n(C)c2)c1. The first kappa shape index (κ1) is 31.6. The molecule has 0 aliphatic heterocycles. The van der Waals surface area contributed by atoms with Crippen molar-refractivity contribution < 1.29 is 23.9 Å². The third kappa shape index (κ3) is 7.75. The van der Waals surface area contributed by atoms with Crippen molar-refractivity contribution >= 4 is 40.7 Å². The van der Waals surface area contributed by atoms with E-state index in [9.17, 15) is 19.2 Å². The van der Waals surface area contributed by atoms with Gasteiger partial charge in [-0.15, -0.1) is 0 Å². The lowest BCUT2D eigenvalue weighted by molar-refractivity contribution is 0.0942. The number of hydrogen-bond acceptors (Lipinski definition) is 6. The van der Waals surface area contributed by atoms with Crippen molar-refractivity contribution in [3.63, 3.8) is 0 Å². The molecule has 4 amide bonds. The summed E-state index contributed by atoms with van der Waals surface area (Å²) in [7, 11) is 10.6. The summed E-state index contributed by atoms with van der Waals surface area (Å²) in [6, 6.07) is 11.5. The fourth-order valence-electron chi connectivity index (χ4n) is 4.62. The highest BCUT2D eigenvalue weighted by Crippen LogP contribution is 2.21. The second kappa shape index (κ2) is 13.8. The van der Waals surface area contributed by atoms with E-state index in [1.807, 2.05) is 19.0 Å². The number of rotatable bonds is 12. The summed E-state index contributed by atoms with van der Waals surface area (Å²) in [5.74, 6) is -0.830. The molecular weight excluding hydrogens is 564 g/mol. The molecule has 0 fully saturated rings. The highest BCUT2D eigenvalue weighted by atomic mass is 16.5. The number of nitrogens with one attached hydrogen (secondary N) is 4. The first-order valence-electron chi connectivity index (χ1n) is 13.9. The largest absolute Gasteiger partial charge is 0.497 e. The Labute approximate surface area is 255 Å². The predicted octanol–water partition coefficient (Wildman–Crippen LogP) is 3.15. The average Bonchev–Trinajstić information content (AvgIpc) is 3.66. The Hall–Kier alpha value is -5.30. The van der Waals surface area contributed by atoms with Gasteiger partial charge in [-0.1, -0.05) is 6.07 Å². The van der Waals surface area contributed by atoms with Crippen LogP contribution in [-0.4, -0.2) is 76.5 Å². The number of aryl methyl sites for hydroxylation is 3. The van der Waals surface area contributed by atoms with E-state index in [4.69, 9.17) is 4.74 Å². The van der Waals surface area contributed by atoms with E-state index >= 15 is 0 Å². The Bertz CT molecular complexity index is 1680. The van der Waals surface area contributed by atoms with Gasteiger partial charge in [-0.25, -0.2) is 0 Å². The van der Waals surface area contributed by atoms with Gasteiger partial charge in [0, 0.05) is 51.8 Å². The second-order valence-corrected chi connectivity index (χ2v) is 10.7. The highest BCUT2D eigenvalue weighted by molar-refractivity contribution is 6.08. The van der Waals surface area contributed by atoms with Crippen molar-refractivity contribution in [2.45, 2.75) is 6.42 Å². The lowest BCUT2D eigenvalue weighted by Crippen LogP contribution is -2.28. The Balaban J connectivity index is 1.37. The topological polar surface area (TPSA) is 144 Å². The number of carbonyl (C=O) groups is 4. The van der Waals surface area contributed by atoms with Crippen LogP contribution >= 0.6 is 0 Å². The second-order valence-electron chi connectivity index (χ2n) is 10.7. The van der Waals surface area contributed by atoms with Gasteiger partial charge in [-0.3, -0.25) is 19.2 Å². The molecule has 4 N–H and O–H groups in total. The molecule has 3 heterocycles. The lowest BCUT2D eigenvalue weighted by Gasteiger charge is -2.10. The molecule has 0 atom stereocenters. The molecule has 13 nitrogen and oxygen atoms in total. The Morgan fingerprint density at radius 2 is 1.18 bits per heavy atom. The van der Waals surface area contributed by atoms with Gasteiger partial charge in [0.15, 0.2) is 0 Å². The molecule has 4 rings (SSSR count). The van der Waals surface area contributed by atoms with Gasteiger partial charge in [0.05, 0.1) is 24.2 Å². The summed E-state index contributed by atoms with van der Waals surface area (Å²) in [5, 5.41) is 11.3. The molecule has 0 bridgehead atoms. The number of nitrogens with zero attached hydrogens (tertiary/aromatic N) is 4. The van der Waals surface area contributed by atoms with E-state index < -0.39 is 11.8 Å². The fourth-order valence-corrected chi connectivity index (χ4v) is 4.62. The van der Waals surface area contributed by atoms with E-state index in [1.54, 1.807) is 95.9 Å². The monoisotopic (exact) mass is 602 g/mol. The van der Waals surface area contributed by atoms with E-state index in [0.29, 0.717) is 52.0 Å². The Morgan fingerprint density at radius 3 is 1.66 bits per heavy atom. The number of hydrogen-bond donors (Lipinski definition) is 4. The molecule has 4 aromatic rings. The summed E-state index contributed by atoms with van der Waals surface area (Å²) in [6.45, 7) is 1.41. The average molecular weight is 603 g/mol. The maximum atomic E-state index is 13.1. The minimum Gasteiger partial charge on any atom is -0.497 e. The van der Waals surface area contributed by atoms with Gasteiger partial charge in [0.1, 0.15) is 22.8 Å². The van der Waals surface area contributed by atoms with Crippen molar-refractivity contribution in [1.29, 1.82) is 0 Å². The summed E-state index contributed by atoms with van der Waals surface area (Å²) in [4.78, 5) is 53.5. The molecule has 0 unspecified atom stereocenters. The zero-order valence-corrected chi connectivity index (χ0v) is 25.7. The van der Waals surface area contributed by atoms with Gasteiger partial charge in [0.25, 0.3) is 23.6 Å². The maximum Gasteiger partial charge on any atom is 0.272 e. The van der Waals surface area contributed by atoms with Crippen molar-refractivity contribution in [2.24, 2.45) is 21.1 Å². The standard InChI is InChI=1S/C31H38N8O5/c1-36(2)12-8-11-32-29(41)25-14-22(18-37(25)3)34-31(43)27-16-23(19-39(27)5)35-30(42)26-15-21(17-38(26)4)33-28(40)20-9-7-10-24(13-20)44-6/h7,9-10,13-19H,8,11-12H2,1-6H3,(H,32,41)(H,33,40)(H,34,43)(H,35,42). The van der Waals surface area contributed by atoms with Crippen LogP contribution in [0.2, 0.25) is 0 Å². The van der Waals surface area contributed by atoms with Gasteiger partial charge in [-0.2, -0.15) is 0 Å². The van der Waals surface area contributed by atoms with Crippen LogP contribution in [0.5, 0.6) is 5.75 Å². The molecule has 0 saturated carbocycles. The molecule has 3 aromatic heterocycles. The number of amides is 4. The number of ether oxygens (including phenoxy) is 1. The molecule has 0 aliphatic rings. The molecule has 232 valence electrons. The predicted molar refractivity (Wildman–Crippen MR) is 169 cm³/mol. The summed E-state index contributed by atoms with van der Waals surface area (Å²) in [5.41, 5.74) is 2.77. The lowest BCUT2D eigenvalue weighted by atomic mass is 10.2. The van der Waals surface area contributed by atoms with E-state index in [0.717, 1.165) is 13.0 Å². The number of methoxy groups -OCH3 is 1. The van der Waals surface area contributed by atoms with Crippen LogP contribution in [0.1, 0.15) is 48.2 Å². The van der Waals surface area contributed by atoms with Crippen LogP contribution in [-0.2, 0) is 21.1 Å². The van der Waals surface area contributed by atoms with Crippen molar-refractivity contribution in [2.75, 3.05) is 50.2 Å². The molecule has 0 aliphatic carbocycles. The summed E-state index contributed by atoms with van der Waals surface area (Å²) < 4.78 is 10.0. The number of carbonyl (C=O) groups excluding carboxylic acids is 4. The van der Waals surface area contributed by atoms with E-state index in [-0.39, 0.29) is 11.8 Å². The van der Waals surface area contributed by atoms with Crippen LogP contribution < -0.4 is 26.0 Å². The minimum absolute atomic E-state index is 0.223.